The summed E-state index contributed by atoms with van der Waals surface area (Å²) in [6, 6.07) is 0. The molecule has 1 saturated heterocycles. The van der Waals surface area contributed by atoms with Crippen molar-refractivity contribution in [2.75, 3.05) is 0 Å². The molecule has 1 aliphatic heterocycles. The summed E-state index contributed by atoms with van der Waals surface area (Å²) in [5, 5.41) is 35.0. The van der Waals surface area contributed by atoms with Crippen LogP contribution in [0, 0.1) is 0 Å². The molecule has 0 saturated carbocycles. The van der Waals surface area contributed by atoms with Gasteiger partial charge in [-0.05, 0) is 0 Å². The van der Waals surface area contributed by atoms with E-state index in [0.717, 1.165) is 0 Å². The fourth-order valence-electron chi connectivity index (χ4n) is 0.957. The van der Waals surface area contributed by atoms with Crippen molar-refractivity contribution in [3.8, 4) is 0 Å². The molecule has 4 N–H and O–H groups in total. The second-order valence-electron chi connectivity index (χ2n) is 2.58. The largest absolute Gasteiger partial charge is 0.479 e. The van der Waals surface area contributed by atoms with E-state index in [1.807, 2.05) is 0 Å². The third kappa shape index (κ3) is 1.68. The van der Waals surface area contributed by atoms with Crippen LogP contribution in [-0.4, -0.2) is 56.8 Å². The van der Waals surface area contributed by atoms with Crippen molar-refractivity contribution in [2.24, 2.45) is 0 Å². The molecular formula is C6H8O7. The van der Waals surface area contributed by atoms with Gasteiger partial charge in [-0.15, -0.1) is 0 Å². The van der Waals surface area contributed by atoms with Crippen molar-refractivity contribution in [3.63, 3.8) is 0 Å². The van der Waals surface area contributed by atoms with E-state index >= 15 is 0 Å². The van der Waals surface area contributed by atoms with Crippen LogP contribution in [0.5, 0.6) is 0 Å². The second kappa shape index (κ2) is 3.38. The lowest BCUT2D eigenvalue weighted by atomic mass is 10.0. The van der Waals surface area contributed by atoms with E-state index in [4.69, 9.17) is 20.4 Å². The van der Waals surface area contributed by atoms with Crippen molar-refractivity contribution in [3.05, 3.63) is 0 Å². The number of hydrogen-bond acceptors (Lipinski definition) is 6. The SMILES string of the molecule is O=C(O)[C@H]1OC(O)[C@H](O)C(=O)[C@@H]1O. The number of ether oxygens (including phenoxy) is 1. The molecule has 7 heteroatoms. The number of carbonyl (C=O) groups excluding carboxylic acids is 1. The minimum atomic E-state index is -1.95. The lowest BCUT2D eigenvalue weighted by Gasteiger charge is -2.30. The molecule has 1 unspecified atom stereocenters. The summed E-state index contributed by atoms with van der Waals surface area (Å²) in [4.78, 5) is 21.2. The molecule has 0 amide bonds. The van der Waals surface area contributed by atoms with E-state index in [0.29, 0.717) is 0 Å². The molecule has 0 aliphatic carbocycles. The van der Waals surface area contributed by atoms with Gasteiger partial charge in [-0.25, -0.2) is 4.79 Å². The molecule has 0 aromatic heterocycles. The fourth-order valence-corrected chi connectivity index (χ4v) is 0.957. The van der Waals surface area contributed by atoms with E-state index in [2.05, 4.69) is 4.74 Å². The minimum Gasteiger partial charge on any atom is -0.479 e. The van der Waals surface area contributed by atoms with Crippen LogP contribution in [0.4, 0.5) is 0 Å². The van der Waals surface area contributed by atoms with Gasteiger partial charge in [-0.1, -0.05) is 0 Å². The molecule has 13 heavy (non-hydrogen) atoms. The maximum Gasteiger partial charge on any atom is 0.336 e. The Kier molecular flexibility index (Phi) is 2.62. The summed E-state index contributed by atoms with van der Waals surface area (Å²) in [5.41, 5.74) is 0. The first-order valence-corrected chi connectivity index (χ1v) is 3.41. The van der Waals surface area contributed by atoms with Gasteiger partial charge in [0.15, 0.2) is 30.4 Å². The van der Waals surface area contributed by atoms with Crippen LogP contribution in [0.1, 0.15) is 0 Å². The van der Waals surface area contributed by atoms with Crippen LogP contribution >= 0.6 is 0 Å². The van der Waals surface area contributed by atoms with Crippen LogP contribution in [-0.2, 0) is 14.3 Å². The highest BCUT2D eigenvalue weighted by Gasteiger charge is 2.46. The normalized spacial score (nSPS) is 40.4. The zero-order valence-corrected chi connectivity index (χ0v) is 6.32. The molecule has 4 atom stereocenters. The van der Waals surface area contributed by atoms with Gasteiger partial charge in [0.2, 0.25) is 0 Å². The highest BCUT2D eigenvalue weighted by atomic mass is 16.6. The highest BCUT2D eigenvalue weighted by Crippen LogP contribution is 2.16. The Labute approximate surface area is 72.2 Å². The molecule has 0 aromatic carbocycles. The number of rotatable bonds is 1. The van der Waals surface area contributed by atoms with Crippen molar-refractivity contribution < 1.29 is 34.8 Å². The van der Waals surface area contributed by atoms with Gasteiger partial charge in [0.25, 0.3) is 0 Å². The summed E-state index contributed by atoms with van der Waals surface area (Å²) in [7, 11) is 0. The quantitative estimate of drug-likeness (QED) is 0.350. The number of aliphatic hydroxyl groups excluding tert-OH is 3. The van der Waals surface area contributed by atoms with Gasteiger partial charge < -0.3 is 25.2 Å². The van der Waals surface area contributed by atoms with Crippen LogP contribution < -0.4 is 0 Å². The van der Waals surface area contributed by atoms with E-state index < -0.39 is 36.4 Å². The minimum absolute atomic E-state index is 1.16. The number of Topliss-reactive ketones (excluding diaryl/α,β-unsaturated/α-hetero) is 1. The van der Waals surface area contributed by atoms with Gasteiger partial charge in [0, 0.05) is 0 Å². The Morgan fingerprint density at radius 1 is 1.23 bits per heavy atom. The van der Waals surface area contributed by atoms with Crippen LogP contribution in [0.2, 0.25) is 0 Å². The zero-order chi connectivity index (χ0) is 10.2. The average Bonchev–Trinajstić information content (AvgIpc) is 2.07. The third-order valence-electron chi connectivity index (χ3n) is 1.67. The number of aliphatic carboxylic acids is 1. The molecule has 1 heterocycles. The second-order valence-corrected chi connectivity index (χ2v) is 2.58. The van der Waals surface area contributed by atoms with Crippen LogP contribution in [0.15, 0.2) is 0 Å². The third-order valence-corrected chi connectivity index (χ3v) is 1.67. The Morgan fingerprint density at radius 2 is 1.77 bits per heavy atom. The van der Waals surface area contributed by atoms with Gasteiger partial charge >= 0.3 is 5.97 Å². The average molecular weight is 192 g/mol. The summed E-state index contributed by atoms with van der Waals surface area (Å²) >= 11 is 0. The molecule has 1 aliphatic rings. The van der Waals surface area contributed by atoms with Crippen LogP contribution in [0.25, 0.3) is 0 Å². The monoisotopic (exact) mass is 192 g/mol. The number of carbonyl (C=O) groups is 2. The van der Waals surface area contributed by atoms with Crippen LogP contribution in [0.3, 0.4) is 0 Å². The molecule has 7 nitrogen and oxygen atoms in total. The van der Waals surface area contributed by atoms with Gasteiger partial charge in [-0.3, -0.25) is 4.79 Å². The fraction of sp³-hybridized carbons (Fsp3) is 0.667. The van der Waals surface area contributed by atoms with Crippen molar-refractivity contribution in [2.45, 2.75) is 24.6 Å². The topological polar surface area (TPSA) is 124 Å². The molecule has 0 radical (unpaired) electrons. The van der Waals surface area contributed by atoms with Gasteiger partial charge in [0.1, 0.15) is 0 Å². The number of carboxylic acid groups (broad SMARTS) is 1. The van der Waals surface area contributed by atoms with E-state index in [1.165, 1.54) is 0 Å². The number of ketones is 1. The lowest BCUT2D eigenvalue weighted by molar-refractivity contribution is -0.236. The van der Waals surface area contributed by atoms with Crippen molar-refractivity contribution in [1.82, 2.24) is 0 Å². The molecule has 1 rings (SSSR count). The molecule has 74 valence electrons. The molecule has 0 bridgehead atoms. The van der Waals surface area contributed by atoms with Crippen molar-refractivity contribution >= 4 is 11.8 Å². The molecule has 0 aromatic rings. The summed E-state index contributed by atoms with van der Waals surface area (Å²) < 4.78 is 4.28. The Morgan fingerprint density at radius 3 is 2.23 bits per heavy atom. The predicted octanol–water partition coefficient (Wildman–Crippen LogP) is -2.92. The highest BCUT2D eigenvalue weighted by molar-refractivity contribution is 5.93. The maximum atomic E-state index is 10.8. The lowest BCUT2D eigenvalue weighted by Crippen LogP contribution is -2.57. The smallest absolute Gasteiger partial charge is 0.336 e. The zero-order valence-electron chi connectivity index (χ0n) is 6.32. The summed E-state index contributed by atoms with van der Waals surface area (Å²) in [6.07, 6.45) is -7.58. The van der Waals surface area contributed by atoms with E-state index in [9.17, 15) is 9.59 Å². The Balaban J connectivity index is 2.82. The Bertz CT molecular complexity index is 237. The first-order valence-electron chi connectivity index (χ1n) is 3.41. The van der Waals surface area contributed by atoms with Crippen molar-refractivity contribution in [1.29, 1.82) is 0 Å². The molecule has 1 fully saturated rings. The maximum absolute atomic E-state index is 10.8. The first kappa shape index (κ1) is 10.1. The van der Waals surface area contributed by atoms with E-state index in [1.54, 1.807) is 0 Å². The predicted molar refractivity (Wildman–Crippen MR) is 35.5 cm³/mol. The molecular weight excluding hydrogens is 184 g/mol. The summed E-state index contributed by atoms with van der Waals surface area (Å²) in [5.74, 6) is -2.74. The van der Waals surface area contributed by atoms with Gasteiger partial charge in [0.05, 0.1) is 0 Å². The summed E-state index contributed by atoms with van der Waals surface area (Å²) in [6.45, 7) is 0. The first-order chi connectivity index (χ1) is 5.95. The molecule has 0 spiro atoms. The van der Waals surface area contributed by atoms with Gasteiger partial charge in [-0.2, -0.15) is 0 Å². The Hall–Kier alpha value is -1.02. The number of hydrogen-bond donors (Lipinski definition) is 4. The number of carboxylic acids is 1. The van der Waals surface area contributed by atoms with E-state index in [-0.39, 0.29) is 0 Å². The standard InChI is InChI=1S/C6H8O7/c7-1-2(8)4(5(10)11)13-6(12)3(1)9/h2-4,6,8-9,12H,(H,10,11)/t2-,3+,4-,6?/m0/s1. The number of aliphatic hydroxyl groups is 3.